The Bertz CT molecular complexity index is 424. The van der Waals surface area contributed by atoms with Gasteiger partial charge in [-0.05, 0) is 31.9 Å². The average Bonchev–Trinajstić information content (AvgIpc) is 2.89. The molecule has 1 aromatic heterocycles. The van der Waals surface area contributed by atoms with Gasteiger partial charge in [0.1, 0.15) is 0 Å². The van der Waals surface area contributed by atoms with E-state index in [0.717, 1.165) is 25.9 Å². The standard InChI is InChI=1S/C14H20N4/c1-13(12-14-6-3-2-4-7-14)15-8-5-10-18-11-9-16-17-18/h2-4,6-7,9,11,13,15H,5,8,10,12H2,1H3. The Morgan fingerprint density at radius 2 is 2.11 bits per heavy atom. The third-order valence-corrected chi connectivity index (χ3v) is 2.91. The van der Waals surface area contributed by atoms with Crippen LogP contribution in [0.4, 0.5) is 0 Å². The summed E-state index contributed by atoms with van der Waals surface area (Å²) in [6.45, 7) is 4.15. The molecule has 0 radical (unpaired) electrons. The Hall–Kier alpha value is -1.68. The molecule has 4 heteroatoms. The highest BCUT2D eigenvalue weighted by Gasteiger charge is 2.02. The summed E-state index contributed by atoms with van der Waals surface area (Å²) in [6, 6.07) is 11.1. The van der Waals surface area contributed by atoms with E-state index in [1.54, 1.807) is 6.20 Å². The first-order chi connectivity index (χ1) is 8.84. The van der Waals surface area contributed by atoms with Crippen molar-refractivity contribution in [2.75, 3.05) is 6.54 Å². The smallest absolute Gasteiger partial charge is 0.0692 e. The summed E-state index contributed by atoms with van der Waals surface area (Å²) in [5.74, 6) is 0. The molecule has 1 heterocycles. The van der Waals surface area contributed by atoms with E-state index in [0.29, 0.717) is 6.04 Å². The second-order valence-electron chi connectivity index (χ2n) is 4.56. The van der Waals surface area contributed by atoms with Gasteiger partial charge in [-0.25, -0.2) is 0 Å². The Morgan fingerprint density at radius 1 is 1.28 bits per heavy atom. The normalized spacial score (nSPS) is 12.5. The zero-order chi connectivity index (χ0) is 12.6. The van der Waals surface area contributed by atoms with Gasteiger partial charge >= 0.3 is 0 Å². The van der Waals surface area contributed by atoms with Gasteiger partial charge in [-0.15, -0.1) is 5.10 Å². The number of nitrogens with zero attached hydrogens (tertiary/aromatic N) is 3. The van der Waals surface area contributed by atoms with Crippen molar-refractivity contribution in [2.45, 2.75) is 32.4 Å². The van der Waals surface area contributed by atoms with Crippen LogP contribution in [-0.4, -0.2) is 27.6 Å². The molecule has 0 saturated heterocycles. The van der Waals surface area contributed by atoms with Crippen LogP contribution in [0.25, 0.3) is 0 Å². The largest absolute Gasteiger partial charge is 0.314 e. The van der Waals surface area contributed by atoms with Gasteiger partial charge < -0.3 is 5.32 Å². The number of rotatable bonds is 7. The van der Waals surface area contributed by atoms with Crippen molar-refractivity contribution in [3.05, 3.63) is 48.3 Å². The van der Waals surface area contributed by atoms with E-state index in [2.05, 4.69) is 52.9 Å². The maximum atomic E-state index is 3.94. The Balaban J connectivity index is 1.62. The van der Waals surface area contributed by atoms with Crippen LogP contribution in [0.2, 0.25) is 0 Å². The molecule has 2 aromatic rings. The molecule has 2 rings (SSSR count). The lowest BCUT2D eigenvalue weighted by atomic mass is 10.1. The van der Waals surface area contributed by atoms with Gasteiger partial charge in [0.25, 0.3) is 0 Å². The first kappa shape index (κ1) is 12.8. The molecule has 18 heavy (non-hydrogen) atoms. The summed E-state index contributed by atoms with van der Waals surface area (Å²) in [5.41, 5.74) is 1.38. The van der Waals surface area contributed by atoms with Gasteiger partial charge in [0.15, 0.2) is 0 Å². The molecule has 1 unspecified atom stereocenters. The summed E-state index contributed by atoms with van der Waals surface area (Å²) < 4.78 is 1.86. The maximum Gasteiger partial charge on any atom is 0.0692 e. The van der Waals surface area contributed by atoms with E-state index in [9.17, 15) is 0 Å². The minimum Gasteiger partial charge on any atom is -0.314 e. The topological polar surface area (TPSA) is 42.7 Å². The molecule has 0 spiro atoms. The second kappa shape index (κ2) is 6.91. The van der Waals surface area contributed by atoms with Crippen molar-refractivity contribution in [3.8, 4) is 0 Å². The van der Waals surface area contributed by atoms with Crippen molar-refractivity contribution in [2.24, 2.45) is 0 Å². The molecular formula is C14H20N4. The summed E-state index contributed by atoms with van der Waals surface area (Å²) in [4.78, 5) is 0. The monoisotopic (exact) mass is 244 g/mol. The van der Waals surface area contributed by atoms with Crippen molar-refractivity contribution in [1.82, 2.24) is 20.3 Å². The second-order valence-corrected chi connectivity index (χ2v) is 4.56. The Labute approximate surface area is 108 Å². The van der Waals surface area contributed by atoms with Crippen LogP contribution in [0.5, 0.6) is 0 Å². The van der Waals surface area contributed by atoms with Gasteiger partial charge in [0, 0.05) is 18.8 Å². The van der Waals surface area contributed by atoms with Crippen LogP contribution in [0.1, 0.15) is 18.9 Å². The predicted molar refractivity (Wildman–Crippen MR) is 72.2 cm³/mol. The Morgan fingerprint density at radius 3 is 2.83 bits per heavy atom. The molecule has 0 saturated carbocycles. The third-order valence-electron chi connectivity index (χ3n) is 2.91. The van der Waals surface area contributed by atoms with E-state index < -0.39 is 0 Å². The quantitative estimate of drug-likeness (QED) is 0.756. The highest BCUT2D eigenvalue weighted by molar-refractivity contribution is 5.15. The summed E-state index contributed by atoms with van der Waals surface area (Å²) in [7, 11) is 0. The fourth-order valence-electron chi connectivity index (χ4n) is 1.98. The highest BCUT2D eigenvalue weighted by Crippen LogP contribution is 2.02. The number of aromatic nitrogens is 3. The van der Waals surface area contributed by atoms with Crippen LogP contribution in [0.3, 0.4) is 0 Å². The number of aryl methyl sites for hydroxylation is 1. The average molecular weight is 244 g/mol. The van der Waals surface area contributed by atoms with Gasteiger partial charge in [-0.1, -0.05) is 35.5 Å². The minimum absolute atomic E-state index is 0.503. The van der Waals surface area contributed by atoms with Gasteiger partial charge in [-0.3, -0.25) is 4.68 Å². The first-order valence-electron chi connectivity index (χ1n) is 6.46. The van der Waals surface area contributed by atoms with E-state index in [1.165, 1.54) is 5.56 Å². The number of hydrogen-bond donors (Lipinski definition) is 1. The molecule has 0 aliphatic rings. The van der Waals surface area contributed by atoms with E-state index in [-0.39, 0.29) is 0 Å². The minimum atomic E-state index is 0.503. The van der Waals surface area contributed by atoms with Crippen molar-refractivity contribution >= 4 is 0 Å². The molecule has 0 amide bonds. The van der Waals surface area contributed by atoms with E-state index in [1.807, 2.05) is 10.9 Å². The molecule has 0 bridgehead atoms. The lowest BCUT2D eigenvalue weighted by Crippen LogP contribution is -2.29. The number of benzene rings is 1. The van der Waals surface area contributed by atoms with Gasteiger partial charge in [0.2, 0.25) is 0 Å². The number of nitrogens with one attached hydrogen (secondary N) is 1. The lowest BCUT2D eigenvalue weighted by molar-refractivity contribution is 0.489. The zero-order valence-electron chi connectivity index (χ0n) is 10.8. The molecule has 1 atom stereocenters. The molecule has 0 aliphatic carbocycles. The van der Waals surface area contributed by atoms with E-state index in [4.69, 9.17) is 0 Å². The first-order valence-corrected chi connectivity index (χ1v) is 6.46. The van der Waals surface area contributed by atoms with Crippen LogP contribution in [0, 0.1) is 0 Å². The van der Waals surface area contributed by atoms with Crippen molar-refractivity contribution in [1.29, 1.82) is 0 Å². The fraction of sp³-hybridized carbons (Fsp3) is 0.429. The van der Waals surface area contributed by atoms with Crippen LogP contribution in [0.15, 0.2) is 42.7 Å². The molecule has 1 aromatic carbocycles. The summed E-state index contributed by atoms with van der Waals surface area (Å²) in [5, 5.41) is 11.3. The fourth-order valence-corrected chi connectivity index (χ4v) is 1.98. The molecule has 4 nitrogen and oxygen atoms in total. The van der Waals surface area contributed by atoms with Crippen molar-refractivity contribution < 1.29 is 0 Å². The molecule has 1 N–H and O–H groups in total. The lowest BCUT2D eigenvalue weighted by Gasteiger charge is -2.13. The van der Waals surface area contributed by atoms with Gasteiger partial charge in [0.05, 0.1) is 6.20 Å². The van der Waals surface area contributed by atoms with Crippen molar-refractivity contribution in [3.63, 3.8) is 0 Å². The highest BCUT2D eigenvalue weighted by atomic mass is 15.4. The van der Waals surface area contributed by atoms with Crippen LogP contribution in [-0.2, 0) is 13.0 Å². The Kier molecular flexibility index (Phi) is 4.90. The molecule has 96 valence electrons. The zero-order valence-corrected chi connectivity index (χ0v) is 10.8. The number of hydrogen-bond acceptors (Lipinski definition) is 3. The summed E-state index contributed by atoms with van der Waals surface area (Å²) >= 11 is 0. The van der Waals surface area contributed by atoms with E-state index >= 15 is 0 Å². The predicted octanol–water partition coefficient (Wildman–Crippen LogP) is 1.89. The summed E-state index contributed by atoms with van der Waals surface area (Å²) in [6.07, 6.45) is 5.76. The molecule has 0 aliphatic heterocycles. The maximum absolute atomic E-state index is 3.94. The molecular weight excluding hydrogens is 224 g/mol. The third kappa shape index (κ3) is 4.30. The molecule has 0 fully saturated rings. The van der Waals surface area contributed by atoms with Crippen LogP contribution < -0.4 is 5.32 Å². The van der Waals surface area contributed by atoms with Gasteiger partial charge in [-0.2, -0.15) is 0 Å². The SMILES string of the molecule is CC(Cc1ccccc1)NCCCn1ccnn1. The van der Waals surface area contributed by atoms with Crippen LogP contribution >= 0.6 is 0 Å².